The van der Waals surface area contributed by atoms with Crippen LogP contribution in [-0.2, 0) is 13.6 Å². The van der Waals surface area contributed by atoms with Crippen molar-refractivity contribution in [2.75, 3.05) is 32.3 Å². The highest BCUT2D eigenvalue weighted by molar-refractivity contribution is 6.77. The van der Waals surface area contributed by atoms with Gasteiger partial charge in [-0.1, -0.05) is 0 Å². The third-order valence-electron chi connectivity index (χ3n) is 2.22. The van der Waals surface area contributed by atoms with E-state index >= 15 is 0 Å². The number of alkyl halides is 1. The van der Waals surface area contributed by atoms with Crippen LogP contribution in [0.5, 0.6) is 0 Å². The van der Waals surface area contributed by atoms with E-state index in [4.69, 9.17) is 25.2 Å². The number of halogens is 1. The Morgan fingerprint density at radius 3 is 2.12 bits per heavy atom. The van der Waals surface area contributed by atoms with Crippen LogP contribution in [0.4, 0.5) is 0 Å². The average Bonchev–Trinajstić information content (AvgIpc) is 2.20. The molecule has 0 spiro atoms. The van der Waals surface area contributed by atoms with Crippen LogP contribution >= 0.6 is 11.6 Å². The highest BCUT2D eigenvalue weighted by atomic mass is 35.5. The minimum absolute atomic E-state index is 0.552. The van der Waals surface area contributed by atoms with Crippen LogP contribution in [0.1, 0.15) is 6.42 Å². The van der Waals surface area contributed by atoms with Crippen LogP contribution in [0, 0.1) is 0 Å². The van der Waals surface area contributed by atoms with Crippen molar-refractivity contribution in [1.82, 2.24) is 0 Å². The van der Waals surface area contributed by atoms with E-state index in [9.17, 15) is 0 Å². The lowest BCUT2D eigenvalue weighted by atomic mass is 10.5. The molecule has 0 radical (unpaired) electrons. The Morgan fingerprint density at radius 2 is 1.59 bits per heavy atom. The van der Waals surface area contributed by atoms with Crippen LogP contribution in [0.3, 0.4) is 0 Å². The Kier molecular flexibility index (Phi) is 10.9. The highest BCUT2D eigenvalue weighted by Gasteiger charge is 2.22. The summed E-state index contributed by atoms with van der Waals surface area (Å²) in [6.07, 6.45) is 1.09. The standard InChI is InChI=1S/C11H27ClO3Si2/c1-16(2)15-17(3,4)11-5-7-13-9-10-14-8-6-12/h16H,5-11H2,1-4H3. The lowest BCUT2D eigenvalue weighted by Gasteiger charge is -2.25. The molecule has 17 heavy (non-hydrogen) atoms. The van der Waals surface area contributed by atoms with Gasteiger partial charge in [-0.3, -0.25) is 0 Å². The smallest absolute Gasteiger partial charge is 0.173 e. The van der Waals surface area contributed by atoms with Gasteiger partial charge in [0.15, 0.2) is 17.4 Å². The lowest BCUT2D eigenvalue weighted by molar-refractivity contribution is 0.0536. The molecule has 0 aromatic carbocycles. The molecule has 0 aliphatic rings. The van der Waals surface area contributed by atoms with E-state index in [1.165, 1.54) is 6.04 Å². The first-order valence-corrected chi connectivity index (χ1v) is 12.8. The molecule has 0 aliphatic carbocycles. The molecule has 6 heteroatoms. The van der Waals surface area contributed by atoms with Gasteiger partial charge in [0.2, 0.25) is 0 Å². The zero-order valence-corrected chi connectivity index (χ0v) is 14.5. The summed E-state index contributed by atoms with van der Waals surface area (Å²) < 4.78 is 16.8. The minimum Gasteiger partial charge on any atom is -0.458 e. The Balaban J connectivity index is 3.32. The number of hydrogen-bond donors (Lipinski definition) is 0. The molecule has 0 unspecified atom stereocenters. The van der Waals surface area contributed by atoms with Crippen LogP contribution < -0.4 is 0 Å². The molecule has 0 aromatic rings. The van der Waals surface area contributed by atoms with Crippen molar-refractivity contribution < 1.29 is 13.6 Å². The van der Waals surface area contributed by atoms with Crippen molar-refractivity contribution in [1.29, 1.82) is 0 Å². The minimum atomic E-state index is -1.41. The van der Waals surface area contributed by atoms with E-state index in [-0.39, 0.29) is 0 Å². The van der Waals surface area contributed by atoms with Gasteiger partial charge >= 0.3 is 0 Å². The maximum absolute atomic E-state index is 6.08. The normalized spacial score (nSPS) is 12.4. The Labute approximate surface area is 114 Å². The van der Waals surface area contributed by atoms with Crippen molar-refractivity contribution in [2.45, 2.75) is 38.7 Å². The van der Waals surface area contributed by atoms with E-state index in [2.05, 4.69) is 26.2 Å². The molecule has 0 atom stereocenters. The SMILES string of the molecule is C[SiH](C)O[Si](C)(C)CCCOCCOCCCl. The van der Waals surface area contributed by atoms with Crippen molar-refractivity contribution in [3.05, 3.63) is 0 Å². The molecule has 0 rings (SSSR count). The zero-order chi connectivity index (χ0) is 13.1. The summed E-state index contributed by atoms with van der Waals surface area (Å²) in [6, 6.07) is 1.18. The van der Waals surface area contributed by atoms with Gasteiger partial charge in [-0.2, -0.15) is 0 Å². The molecule has 3 nitrogen and oxygen atoms in total. The van der Waals surface area contributed by atoms with E-state index in [0.29, 0.717) is 25.7 Å². The second-order valence-corrected chi connectivity index (χ2v) is 12.4. The van der Waals surface area contributed by atoms with Gasteiger partial charge in [-0.25, -0.2) is 0 Å². The van der Waals surface area contributed by atoms with E-state index in [1.807, 2.05) is 0 Å². The Morgan fingerprint density at radius 1 is 1.00 bits per heavy atom. The van der Waals surface area contributed by atoms with Gasteiger partial charge in [-0.05, 0) is 38.7 Å². The second kappa shape index (κ2) is 10.5. The molecule has 0 N–H and O–H groups in total. The molecule has 0 saturated carbocycles. The van der Waals surface area contributed by atoms with Crippen LogP contribution in [0.2, 0.25) is 32.2 Å². The summed E-state index contributed by atoms with van der Waals surface area (Å²) in [4.78, 5) is 0. The predicted molar refractivity (Wildman–Crippen MR) is 79.2 cm³/mol. The van der Waals surface area contributed by atoms with Crippen LogP contribution in [0.15, 0.2) is 0 Å². The van der Waals surface area contributed by atoms with Crippen molar-refractivity contribution in [3.63, 3.8) is 0 Å². The van der Waals surface area contributed by atoms with Gasteiger partial charge in [0, 0.05) is 12.5 Å². The first-order chi connectivity index (χ1) is 7.98. The first kappa shape index (κ1) is 17.6. The predicted octanol–water partition coefficient (Wildman–Crippen LogP) is 2.85. The van der Waals surface area contributed by atoms with Gasteiger partial charge in [-0.15, -0.1) is 11.6 Å². The van der Waals surface area contributed by atoms with Gasteiger partial charge < -0.3 is 13.6 Å². The number of rotatable bonds is 11. The molecule has 104 valence electrons. The van der Waals surface area contributed by atoms with Gasteiger partial charge in [0.1, 0.15) is 0 Å². The maximum Gasteiger partial charge on any atom is 0.173 e. The zero-order valence-electron chi connectivity index (χ0n) is 11.6. The summed E-state index contributed by atoms with van der Waals surface area (Å²) in [7, 11) is -2.30. The number of ether oxygens (including phenoxy) is 2. The lowest BCUT2D eigenvalue weighted by Crippen LogP contribution is -2.35. The molecule has 0 saturated heterocycles. The highest BCUT2D eigenvalue weighted by Crippen LogP contribution is 2.14. The Hall–Kier alpha value is 0.604. The summed E-state index contributed by atoms with van der Waals surface area (Å²) >= 11 is 5.48. The fraction of sp³-hybridized carbons (Fsp3) is 1.00. The fourth-order valence-corrected chi connectivity index (χ4v) is 8.35. The monoisotopic (exact) mass is 298 g/mol. The summed E-state index contributed by atoms with van der Waals surface area (Å²) in [6.45, 7) is 11.8. The molecular weight excluding hydrogens is 272 g/mol. The van der Waals surface area contributed by atoms with Gasteiger partial charge in [0.25, 0.3) is 0 Å². The third kappa shape index (κ3) is 12.8. The molecule has 0 amide bonds. The van der Waals surface area contributed by atoms with Crippen molar-refractivity contribution in [2.24, 2.45) is 0 Å². The van der Waals surface area contributed by atoms with Crippen molar-refractivity contribution >= 4 is 29.0 Å². The largest absolute Gasteiger partial charge is 0.458 e. The summed E-state index contributed by atoms with van der Waals surface area (Å²) in [5.41, 5.74) is 0. The van der Waals surface area contributed by atoms with Gasteiger partial charge in [0.05, 0.1) is 19.8 Å². The molecule has 0 aromatic heterocycles. The third-order valence-corrected chi connectivity index (χ3v) is 8.37. The Bertz CT molecular complexity index is 180. The quantitative estimate of drug-likeness (QED) is 0.333. The molecule has 0 bridgehead atoms. The first-order valence-electron chi connectivity index (χ1n) is 6.37. The summed E-state index contributed by atoms with van der Waals surface area (Å²) in [5, 5.41) is 0. The molecule has 0 heterocycles. The topological polar surface area (TPSA) is 27.7 Å². The van der Waals surface area contributed by atoms with Crippen LogP contribution in [0.25, 0.3) is 0 Å². The summed E-state index contributed by atoms with van der Waals surface area (Å²) in [5.74, 6) is 0.552. The van der Waals surface area contributed by atoms with E-state index in [0.717, 1.165) is 13.0 Å². The maximum atomic E-state index is 6.08. The molecule has 0 aliphatic heterocycles. The molecule has 0 fully saturated rings. The van der Waals surface area contributed by atoms with E-state index < -0.39 is 17.4 Å². The van der Waals surface area contributed by atoms with Crippen LogP contribution in [-0.4, -0.2) is 49.7 Å². The average molecular weight is 299 g/mol. The molecular formula is C11H27ClO3Si2. The number of hydrogen-bond acceptors (Lipinski definition) is 3. The second-order valence-electron chi connectivity index (χ2n) is 4.94. The van der Waals surface area contributed by atoms with E-state index in [1.54, 1.807) is 0 Å². The fourth-order valence-electron chi connectivity index (χ4n) is 1.67. The van der Waals surface area contributed by atoms with Crippen molar-refractivity contribution in [3.8, 4) is 0 Å².